The summed E-state index contributed by atoms with van der Waals surface area (Å²) in [5.41, 5.74) is 7.03. The summed E-state index contributed by atoms with van der Waals surface area (Å²) >= 11 is 0. The minimum atomic E-state index is -3.39. The van der Waals surface area contributed by atoms with Gasteiger partial charge in [-0.1, -0.05) is 43.2 Å². The van der Waals surface area contributed by atoms with Gasteiger partial charge < -0.3 is 0 Å². The highest BCUT2D eigenvalue weighted by Crippen LogP contribution is 2.27. The Morgan fingerprint density at radius 2 is 1.45 bits per heavy atom. The number of hydrogen-bond acceptors (Lipinski definition) is 5. The first-order valence-corrected chi connectivity index (χ1v) is 12.0. The van der Waals surface area contributed by atoms with Crippen LogP contribution < -0.4 is 10.9 Å². The van der Waals surface area contributed by atoms with E-state index in [1.165, 1.54) is 0 Å². The first-order chi connectivity index (χ1) is 14.1. The van der Waals surface area contributed by atoms with Gasteiger partial charge in [0.15, 0.2) is 0 Å². The molecule has 3 aliphatic heterocycles. The van der Waals surface area contributed by atoms with E-state index in [0.29, 0.717) is 45.7 Å². The molecule has 3 aliphatic rings. The lowest BCUT2D eigenvalue weighted by molar-refractivity contribution is -0.127. The Bertz CT molecular complexity index is 788. The molecule has 0 spiro atoms. The monoisotopic (exact) mass is 421 g/mol. The summed E-state index contributed by atoms with van der Waals surface area (Å²) < 4.78 is 29.4. The quantitative estimate of drug-likeness (QED) is 0.753. The molecule has 2 N–H and O–H groups in total. The third-order valence-electron chi connectivity index (χ3n) is 6.26. The van der Waals surface area contributed by atoms with E-state index >= 15 is 0 Å². The molecule has 3 heterocycles. The Morgan fingerprint density at radius 1 is 0.828 bits per heavy atom. The first-order valence-electron chi connectivity index (χ1n) is 10.6. The molecule has 1 amide bonds. The van der Waals surface area contributed by atoms with Crippen LogP contribution in [0.1, 0.15) is 43.7 Å². The second-order valence-corrected chi connectivity index (χ2v) is 10.0. The summed E-state index contributed by atoms with van der Waals surface area (Å²) in [4.78, 5) is 14.3. The first kappa shape index (κ1) is 20.7. The SMILES string of the molecule is O=C1CC(N2CCN(S(=O)(=O)N3CCCCCC3)CC2)C(c2ccccc2)NN1. The van der Waals surface area contributed by atoms with Crippen molar-refractivity contribution in [1.29, 1.82) is 0 Å². The van der Waals surface area contributed by atoms with E-state index in [9.17, 15) is 13.2 Å². The highest BCUT2D eigenvalue weighted by molar-refractivity contribution is 7.86. The maximum absolute atomic E-state index is 13.1. The normalized spacial score (nSPS) is 28.6. The molecule has 2 atom stereocenters. The molecule has 4 rings (SSSR count). The lowest BCUT2D eigenvalue weighted by Gasteiger charge is -2.44. The molecule has 3 fully saturated rings. The van der Waals surface area contributed by atoms with Crippen molar-refractivity contribution in [2.24, 2.45) is 0 Å². The van der Waals surface area contributed by atoms with Crippen molar-refractivity contribution in [2.45, 2.75) is 44.2 Å². The fourth-order valence-electron chi connectivity index (χ4n) is 4.62. The van der Waals surface area contributed by atoms with Gasteiger partial charge in [0, 0.05) is 51.7 Å². The molecule has 0 radical (unpaired) electrons. The highest BCUT2D eigenvalue weighted by Gasteiger charge is 2.38. The summed E-state index contributed by atoms with van der Waals surface area (Å²) in [5, 5.41) is 0. The maximum atomic E-state index is 13.1. The molecule has 0 saturated carbocycles. The van der Waals surface area contributed by atoms with Gasteiger partial charge in [0.05, 0.1) is 6.04 Å². The molecule has 2 unspecified atom stereocenters. The van der Waals surface area contributed by atoms with Crippen LogP contribution in [0.3, 0.4) is 0 Å². The predicted octanol–water partition coefficient (Wildman–Crippen LogP) is 0.859. The summed E-state index contributed by atoms with van der Waals surface area (Å²) in [6.07, 6.45) is 4.52. The summed E-state index contributed by atoms with van der Waals surface area (Å²) in [5.74, 6) is -0.0261. The Kier molecular flexibility index (Phi) is 6.50. The van der Waals surface area contributed by atoms with Crippen LogP contribution in [0.25, 0.3) is 0 Å². The molecule has 29 heavy (non-hydrogen) atoms. The van der Waals surface area contributed by atoms with Crippen molar-refractivity contribution in [1.82, 2.24) is 24.4 Å². The molecule has 0 aromatic heterocycles. The Hall–Kier alpha value is -1.52. The Morgan fingerprint density at radius 3 is 2.10 bits per heavy atom. The fraction of sp³-hybridized carbons (Fsp3) is 0.650. The van der Waals surface area contributed by atoms with Crippen LogP contribution in [-0.4, -0.2) is 73.1 Å². The number of carbonyl (C=O) groups excluding carboxylic acids is 1. The third-order valence-corrected chi connectivity index (χ3v) is 8.30. The van der Waals surface area contributed by atoms with Gasteiger partial charge in [0.2, 0.25) is 5.91 Å². The molecule has 0 bridgehead atoms. The maximum Gasteiger partial charge on any atom is 0.282 e. The second-order valence-electron chi connectivity index (χ2n) is 8.11. The van der Waals surface area contributed by atoms with Gasteiger partial charge in [-0.25, -0.2) is 5.43 Å². The van der Waals surface area contributed by atoms with Gasteiger partial charge in [-0.15, -0.1) is 0 Å². The van der Waals surface area contributed by atoms with E-state index in [1.807, 2.05) is 18.2 Å². The van der Waals surface area contributed by atoms with Crippen molar-refractivity contribution in [3.8, 4) is 0 Å². The van der Waals surface area contributed by atoms with Crippen molar-refractivity contribution in [2.75, 3.05) is 39.3 Å². The van der Waals surface area contributed by atoms with E-state index in [4.69, 9.17) is 0 Å². The van der Waals surface area contributed by atoms with Crippen LogP contribution in [0.15, 0.2) is 30.3 Å². The van der Waals surface area contributed by atoms with Gasteiger partial charge in [-0.3, -0.25) is 15.1 Å². The smallest absolute Gasteiger partial charge is 0.282 e. The Labute approximate surface area is 173 Å². The zero-order valence-electron chi connectivity index (χ0n) is 16.8. The molecule has 1 aromatic carbocycles. The van der Waals surface area contributed by atoms with Gasteiger partial charge in [-0.05, 0) is 18.4 Å². The molecule has 8 nitrogen and oxygen atoms in total. The van der Waals surface area contributed by atoms with Gasteiger partial charge in [-0.2, -0.15) is 17.0 Å². The van der Waals surface area contributed by atoms with Crippen LogP contribution in [-0.2, 0) is 15.0 Å². The zero-order chi connectivity index (χ0) is 20.3. The zero-order valence-corrected chi connectivity index (χ0v) is 17.6. The number of piperazine rings is 1. The lowest BCUT2D eigenvalue weighted by Crippen LogP contribution is -2.61. The number of carbonyl (C=O) groups is 1. The largest absolute Gasteiger partial charge is 0.295 e. The average molecular weight is 422 g/mol. The van der Waals surface area contributed by atoms with Crippen molar-refractivity contribution >= 4 is 16.1 Å². The summed E-state index contributed by atoms with van der Waals surface area (Å²) in [6, 6.07) is 10.1. The lowest BCUT2D eigenvalue weighted by atomic mass is 9.94. The van der Waals surface area contributed by atoms with E-state index in [2.05, 4.69) is 27.9 Å². The average Bonchev–Trinajstić information content (AvgIpc) is 3.05. The predicted molar refractivity (Wildman–Crippen MR) is 111 cm³/mol. The van der Waals surface area contributed by atoms with Crippen LogP contribution in [0.2, 0.25) is 0 Å². The molecule has 1 aromatic rings. The molecular formula is C20H31N5O3S. The van der Waals surface area contributed by atoms with Crippen LogP contribution in [0.5, 0.6) is 0 Å². The number of hydrazine groups is 1. The molecular weight excluding hydrogens is 390 g/mol. The fourth-order valence-corrected chi connectivity index (χ4v) is 6.29. The van der Waals surface area contributed by atoms with Gasteiger partial charge in [0.25, 0.3) is 10.2 Å². The second kappa shape index (κ2) is 9.09. The van der Waals surface area contributed by atoms with E-state index in [1.54, 1.807) is 8.61 Å². The molecule has 9 heteroatoms. The number of nitrogens with one attached hydrogen (secondary N) is 2. The summed E-state index contributed by atoms with van der Waals surface area (Å²) in [6.45, 7) is 3.47. The molecule has 3 saturated heterocycles. The molecule has 160 valence electrons. The van der Waals surface area contributed by atoms with Crippen LogP contribution >= 0.6 is 0 Å². The number of hydrogen-bond donors (Lipinski definition) is 2. The number of rotatable bonds is 4. The summed E-state index contributed by atoms with van der Waals surface area (Å²) in [7, 11) is -3.39. The number of benzene rings is 1. The van der Waals surface area contributed by atoms with Gasteiger partial charge >= 0.3 is 0 Å². The van der Waals surface area contributed by atoms with Gasteiger partial charge in [0.1, 0.15) is 0 Å². The number of amides is 1. The van der Waals surface area contributed by atoms with E-state index < -0.39 is 10.2 Å². The van der Waals surface area contributed by atoms with Crippen molar-refractivity contribution in [3.63, 3.8) is 0 Å². The van der Waals surface area contributed by atoms with Crippen LogP contribution in [0, 0.1) is 0 Å². The minimum absolute atomic E-state index is 0.00851. The highest BCUT2D eigenvalue weighted by atomic mass is 32.2. The third kappa shape index (κ3) is 4.64. The van der Waals surface area contributed by atoms with Crippen molar-refractivity contribution in [3.05, 3.63) is 35.9 Å². The van der Waals surface area contributed by atoms with Crippen molar-refractivity contribution < 1.29 is 13.2 Å². The minimum Gasteiger partial charge on any atom is -0.295 e. The van der Waals surface area contributed by atoms with E-state index in [0.717, 1.165) is 31.2 Å². The Balaban J connectivity index is 1.43. The number of nitrogens with zero attached hydrogens (tertiary/aromatic N) is 3. The standard InChI is InChI=1S/C20H31N5O3S/c26-19-16-18(20(22-21-19)17-8-4-3-5-9-17)23-12-14-25(15-13-23)29(27,28)24-10-6-1-2-7-11-24/h3-5,8-9,18,20,22H,1-2,6-7,10-16H2,(H,21,26). The topological polar surface area (TPSA) is 85.0 Å². The molecule has 0 aliphatic carbocycles. The van der Waals surface area contributed by atoms with E-state index in [-0.39, 0.29) is 18.0 Å². The van der Waals surface area contributed by atoms with Crippen LogP contribution in [0.4, 0.5) is 0 Å².